The fraction of sp³-hybridized carbons (Fsp3) is 0.417. The molecule has 2 aromatic rings. The predicted molar refractivity (Wildman–Crippen MR) is 145 cm³/mol. The second-order valence-electron chi connectivity index (χ2n) is 8.58. The summed E-state index contributed by atoms with van der Waals surface area (Å²) < 4.78 is 20.5. The average Bonchev–Trinajstić information content (AvgIpc) is 3.69. The molecule has 0 radical (unpaired) electrons. The SMILES string of the molecule is CC(=O)OC(C)=O.O=C(N[C@@]1(C(=O)O)CCOC1)c1ccc(Cl)s1.O=C1OC(c2ccc(Cl)s2)=N[C@]12CCOC2. The number of halogens is 2. The Hall–Kier alpha value is -2.88. The lowest BCUT2D eigenvalue weighted by atomic mass is 9.99. The van der Waals surface area contributed by atoms with Crippen molar-refractivity contribution in [3.8, 4) is 0 Å². The summed E-state index contributed by atoms with van der Waals surface area (Å²) in [5.74, 6) is -2.59. The van der Waals surface area contributed by atoms with Crippen molar-refractivity contribution in [1.82, 2.24) is 5.32 Å². The van der Waals surface area contributed by atoms with E-state index in [0.29, 0.717) is 45.7 Å². The van der Waals surface area contributed by atoms with Gasteiger partial charge in [-0.05, 0) is 24.3 Å². The van der Waals surface area contributed by atoms with E-state index < -0.39 is 34.9 Å². The number of hydrogen-bond acceptors (Lipinski definition) is 12. The van der Waals surface area contributed by atoms with Crippen LogP contribution >= 0.6 is 45.9 Å². The van der Waals surface area contributed by atoms with E-state index in [0.717, 1.165) is 16.2 Å². The molecule has 0 aliphatic carbocycles. The molecule has 0 aromatic carbocycles. The zero-order valence-electron chi connectivity index (χ0n) is 21.2. The first-order valence-electron chi connectivity index (χ1n) is 11.6. The Morgan fingerprint density at radius 1 is 0.975 bits per heavy atom. The normalized spacial score (nSPS) is 22.8. The molecule has 3 aliphatic rings. The molecule has 216 valence electrons. The van der Waals surface area contributed by atoms with Gasteiger partial charge in [-0.25, -0.2) is 14.6 Å². The number of amides is 1. The van der Waals surface area contributed by atoms with E-state index in [1.54, 1.807) is 24.3 Å². The number of aliphatic imine (C=N–C) groups is 1. The second kappa shape index (κ2) is 13.7. The van der Waals surface area contributed by atoms with E-state index in [1.807, 2.05) is 0 Å². The Morgan fingerprint density at radius 2 is 1.60 bits per heavy atom. The van der Waals surface area contributed by atoms with Crippen LogP contribution in [0, 0.1) is 0 Å². The minimum Gasteiger partial charge on any atom is -0.479 e. The maximum atomic E-state index is 11.8. The monoisotopic (exact) mass is 634 g/mol. The average molecular weight is 635 g/mol. The number of aliphatic carboxylic acids is 1. The number of carbonyl (C=O) groups is 5. The highest BCUT2D eigenvalue weighted by Crippen LogP contribution is 2.33. The smallest absolute Gasteiger partial charge is 0.343 e. The molecule has 2 saturated heterocycles. The Bertz CT molecular complexity index is 1300. The van der Waals surface area contributed by atoms with Gasteiger partial charge in [0, 0.05) is 39.9 Å². The topological polar surface area (TPSA) is 167 Å². The first kappa shape index (κ1) is 31.6. The molecule has 5 heterocycles. The largest absolute Gasteiger partial charge is 0.479 e. The van der Waals surface area contributed by atoms with Crippen molar-refractivity contribution in [2.24, 2.45) is 4.99 Å². The van der Waals surface area contributed by atoms with E-state index in [1.165, 1.54) is 25.2 Å². The fourth-order valence-corrected chi connectivity index (χ4v) is 5.49. The van der Waals surface area contributed by atoms with E-state index in [2.05, 4.69) is 15.0 Å². The number of esters is 3. The molecule has 0 unspecified atom stereocenters. The minimum absolute atomic E-state index is 0.00677. The van der Waals surface area contributed by atoms with Gasteiger partial charge in [0.2, 0.25) is 5.90 Å². The Balaban J connectivity index is 0.000000180. The van der Waals surface area contributed by atoms with Crippen molar-refractivity contribution in [1.29, 1.82) is 0 Å². The van der Waals surface area contributed by atoms with Gasteiger partial charge in [0.15, 0.2) is 11.1 Å². The number of rotatable bonds is 4. The van der Waals surface area contributed by atoms with Gasteiger partial charge in [0.25, 0.3) is 5.91 Å². The summed E-state index contributed by atoms with van der Waals surface area (Å²) in [7, 11) is 0. The van der Waals surface area contributed by atoms with Crippen LogP contribution in [-0.4, -0.2) is 78.3 Å². The third-order valence-electron chi connectivity index (χ3n) is 5.54. The quantitative estimate of drug-likeness (QED) is 0.376. The van der Waals surface area contributed by atoms with Crippen LogP contribution in [0.2, 0.25) is 8.67 Å². The number of carboxylic acid groups (broad SMARTS) is 1. The first-order chi connectivity index (χ1) is 18.9. The highest BCUT2D eigenvalue weighted by molar-refractivity contribution is 7.18. The number of nitrogens with zero attached hydrogens (tertiary/aromatic N) is 1. The second-order valence-corrected chi connectivity index (χ2v) is 12.0. The van der Waals surface area contributed by atoms with Crippen molar-refractivity contribution in [3.63, 3.8) is 0 Å². The number of nitrogens with one attached hydrogen (secondary N) is 1. The number of thiophene rings is 2. The Kier molecular flexibility index (Phi) is 10.8. The minimum atomic E-state index is -1.31. The lowest BCUT2D eigenvalue weighted by molar-refractivity contribution is -0.156. The molecule has 1 amide bonds. The van der Waals surface area contributed by atoms with Gasteiger partial charge < -0.3 is 29.4 Å². The van der Waals surface area contributed by atoms with E-state index >= 15 is 0 Å². The number of ether oxygens (including phenoxy) is 4. The van der Waals surface area contributed by atoms with Gasteiger partial charge in [0.05, 0.1) is 31.6 Å². The van der Waals surface area contributed by atoms with Crippen LogP contribution < -0.4 is 5.32 Å². The standard InChI is InChI=1S/C10H10ClNO4S.C10H8ClNO3S.C4H6O3/c11-7-2-1-6(17-7)8(13)12-10(9(14)15)3-4-16-5-10;11-7-2-1-6(16-7)8-12-10(9(13)15-8)3-4-14-5-10;1-3(5)7-4(2)6/h1-2H,3-5H2,(H,12,13)(H,14,15);1-2H,3-5H2;1-2H3/t2*10-;/m00./s1. The van der Waals surface area contributed by atoms with Crippen LogP contribution in [0.1, 0.15) is 41.2 Å². The molecule has 2 N–H and O–H groups in total. The van der Waals surface area contributed by atoms with Crippen LogP contribution in [0.4, 0.5) is 0 Å². The molecule has 2 aromatic heterocycles. The third kappa shape index (κ3) is 8.08. The summed E-state index contributed by atoms with van der Waals surface area (Å²) in [5, 5.41) is 11.7. The maximum absolute atomic E-state index is 11.8. The van der Waals surface area contributed by atoms with E-state index in [9.17, 15) is 24.0 Å². The molecule has 40 heavy (non-hydrogen) atoms. The van der Waals surface area contributed by atoms with Crippen LogP contribution in [0.15, 0.2) is 29.3 Å². The molecule has 2 fully saturated rings. The summed E-state index contributed by atoms with van der Waals surface area (Å²) in [6, 6.07) is 6.72. The third-order valence-corrected chi connectivity index (χ3v) is 7.99. The molecule has 1 spiro atoms. The molecule has 16 heteroatoms. The van der Waals surface area contributed by atoms with Crippen molar-refractivity contribution in [2.45, 2.75) is 37.8 Å². The van der Waals surface area contributed by atoms with Crippen molar-refractivity contribution < 1.29 is 48.0 Å². The van der Waals surface area contributed by atoms with Gasteiger partial charge in [-0.1, -0.05) is 23.2 Å². The number of carboxylic acids is 1. The number of cyclic esters (lactones) is 1. The molecule has 3 aliphatic heterocycles. The molecule has 0 bridgehead atoms. The van der Waals surface area contributed by atoms with E-state index in [-0.39, 0.29) is 19.0 Å². The lowest BCUT2D eigenvalue weighted by Crippen LogP contribution is -2.55. The molecule has 12 nitrogen and oxygen atoms in total. The van der Waals surface area contributed by atoms with Crippen LogP contribution in [0.25, 0.3) is 0 Å². The highest BCUT2D eigenvalue weighted by atomic mass is 35.5. The highest BCUT2D eigenvalue weighted by Gasteiger charge is 2.49. The maximum Gasteiger partial charge on any atom is 0.343 e. The van der Waals surface area contributed by atoms with E-state index in [4.69, 9.17) is 42.5 Å². The van der Waals surface area contributed by atoms with Crippen LogP contribution in [-0.2, 0) is 38.1 Å². The fourth-order valence-electron chi connectivity index (χ4n) is 3.59. The molecule has 0 saturated carbocycles. The zero-order chi connectivity index (χ0) is 29.5. The summed E-state index contributed by atoms with van der Waals surface area (Å²) in [6.07, 6.45) is 0.863. The summed E-state index contributed by atoms with van der Waals surface area (Å²) in [4.78, 5) is 59.9. The van der Waals surface area contributed by atoms with Crippen molar-refractivity contribution in [2.75, 3.05) is 26.4 Å². The first-order valence-corrected chi connectivity index (χ1v) is 14.0. The van der Waals surface area contributed by atoms with Crippen molar-refractivity contribution in [3.05, 3.63) is 42.7 Å². The molecule has 5 rings (SSSR count). The predicted octanol–water partition coefficient (Wildman–Crippen LogP) is 3.34. The lowest BCUT2D eigenvalue weighted by Gasteiger charge is -2.23. The molecule has 2 atom stereocenters. The van der Waals surface area contributed by atoms with Gasteiger partial charge in [-0.2, -0.15) is 0 Å². The van der Waals surface area contributed by atoms with Crippen molar-refractivity contribution >= 4 is 81.6 Å². The van der Waals surface area contributed by atoms with Crippen LogP contribution in [0.3, 0.4) is 0 Å². The Labute approximate surface area is 246 Å². The van der Waals surface area contributed by atoms with Gasteiger partial charge in [-0.15, -0.1) is 22.7 Å². The van der Waals surface area contributed by atoms with Gasteiger partial charge in [-0.3, -0.25) is 14.4 Å². The number of carbonyl (C=O) groups excluding carboxylic acids is 4. The Morgan fingerprint density at radius 3 is 2.05 bits per heavy atom. The number of hydrogen-bond donors (Lipinski definition) is 2. The molecular weight excluding hydrogens is 611 g/mol. The summed E-state index contributed by atoms with van der Waals surface area (Å²) in [6.45, 7) is 3.55. The zero-order valence-corrected chi connectivity index (χ0v) is 24.3. The molecular formula is C24H24Cl2N2O10S2. The summed E-state index contributed by atoms with van der Waals surface area (Å²) in [5.41, 5.74) is -2.11. The van der Waals surface area contributed by atoms with Gasteiger partial charge >= 0.3 is 23.9 Å². The van der Waals surface area contributed by atoms with Gasteiger partial charge in [0.1, 0.15) is 0 Å². The van der Waals surface area contributed by atoms with Crippen LogP contribution in [0.5, 0.6) is 0 Å². The summed E-state index contributed by atoms with van der Waals surface area (Å²) >= 11 is 14.0.